The van der Waals surface area contributed by atoms with Gasteiger partial charge in [0.1, 0.15) is 5.82 Å². The van der Waals surface area contributed by atoms with E-state index in [0.717, 1.165) is 49.9 Å². The van der Waals surface area contributed by atoms with Crippen LogP contribution in [0, 0.1) is 12.8 Å². The molecule has 2 heterocycles. The molecule has 2 aromatic rings. The average Bonchev–Trinajstić information content (AvgIpc) is 3.01. The van der Waals surface area contributed by atoms with Gasteiger partial charge in [-0.1, -0.05) is 23.7 Å². The molecule has 1 saturated heterocycles. The van der Waals surface area contributed by atoms with E-state index in [4.69, 9.17) is 17.3 Å². The quantitative estimate of drug-likeness (QED) is 0.399. The van der Waals surface area contributed by atoms with Crippen LogP contribution in [0.25, 0.3) is 0 Å². The molecule has 0 radical (unpaired) electrons. The van der Waals surface area contributed by atoms with Crippen LogP contribution in [0.2, 0.25) is 5.02 Å². The normalized spacial score (nSPS) is 17.1. The second-order valence-corrected chi connectivity index (χ2v) is 7.49. The van der Waals surface area contributed by atoms with Gasteiger partial charge in [-0.2, -0.15) is 0 Å². The summed E-state index contributed by atoms with van der Waals surface area (Å²) in [5.74, 6) is 1.15. The lowest BCUT2D eigenvalue weighted by molar-refractivity contribution is 0.419. The lowest BCUT2D eigenvalue weighted by Gasteiger charge is -2.20. The smallest absolute Gasteiger partial charge is 0.123 e. The van der Waals surface area contributed by atoms with E-state index >= 15 is 0 Å². The van der Waals surface area contributed by atoms with E-state index in [0.29, 0.717) is 17.8 Å². The van der Waals surface area contributed by atoms with Gasteiger partial charge in [0.05, 0.1) is 0 Å². The Hall–Kier alpha value is -0.500. The third kappa shape index (κ3) is 10.2. The van der Waals surface area contributed by atoms with Crippen molar-refractivity contribution >= 4 is 67.0 Å². The number of halogens is 5. The van der Waals surface area contributed by atoms with Crippen molar-refractivity contribution in [3.05, 3.63) is 58.2 Å². The number of aromatic nitrogens is 1. The predicted molar refractivity (Wildman–Crippen MR) is 137 cm³/mol. The van der Waals surface area contributed by atoms with Gasteiger partial charge in [0.2, 0.25) is 0 Å². The van der Waals surface area contributed by atoms with E-state index in [1.165, 1.54) is 11.1 Å². The number of hydrogen-bond acceptors (Lipinski definition) is 5. The minimum Gasteiger partial charge on any atom is -0.384 e. The number of rotatable bonds is 8. The minimum absolute atomic E-state index is 0. The first kappa shape index (κ1) is 31.7. The topological polar surface area (TPSA) is 75.0 Å². The number of nitrogen functional groups attached to an aromatic ring is 1. The summed E-state index contributed by atoms with van der Waals surface area (Å²) in [6.45, 7) is 6.78. The SMILES string of the molecule is Cc1cc(N)nc(C[C@H]2CNC[C@@H]2NCCNCc2cccc(Cl)c2)c1.Cl.Cl.Cl.Cl. The van der Waals surface area contributed by atoms with Crippen LogP contribution in [-0.2, 0) is 13.0 Å². The Kier molecular flexibility index (Phi) is 17.1. The van der Waals surface area contributed by atoms with Crippen LogP contribution in [0.4, 0.5) is 5.82 Å². The molecule has 0 unspecified atom stereocenters. The van der Waals surface area contributed by atoms with E-state index in [2.05, 4.69) is 40.0 Å². The number of nitrogens with one attached hydrogen (secondary N) is 3. The molecule has 0 bridgehead atoms. The minimum atomic E-state index is 0. The van der Waals surface area contributed by atoms with Crippen molar-refractivity contribution < 1.29 is 0 Å². The zero-order chi connectivity index (χ0) is 18.4. The molecule has 2 atom stereocenters. The summed E-state index contributed by atoms with van der Waals surface area (Å²) in [6, 6.07) is 12.5. The number of anilines is 1. The van der Waals surface area contributed by atoms with Gasteiger partial charge in [0, 0.05) is 42.9 Å². The molecule has 30 heavy (non-hydrogen) atoms. The molecule has 10 heteroatoms. The van der Waals surface area contributed by atoms with E-state index in [1.54, 1.807) is 0 Å². The Morgan fingerprint density at radius 2 is 1.87 bits per heavy atom. The van der Waals surface area contributed by atoms with Crippen molar-refractivity contribution in [1.29, 1.82) is 0 Å². The van der Waals surface area contributed by atoms with Crippen LogP contribution < -0.4 is 21.7 Å². The maximum Gasteiger partial charge on any atom is 0.123 e. The zero-order valence-corrected chi connectivity index (χ0v) is 20.9. The molecule has 5 nitrogen and oxygen atoms in total. The zero-order valence-electron chi connectivity index (χ0n) is 16.9. The molecule has 0 aliphatic carbocycles. The second-order valence-electron chi connectivity index (χ2n) is 7.05. The van der Waals surface area contributed by atoms with Crippen LogP contribution in [0.3, 0.4) is 0 Å². The third-order valence-corrected chi connectivity index (χ3v) is 5.02. The molecule has 0 amide bonds. The monoisotopic (exact) mass is 517 g/mol. The number of aryl methyl sites for hydroxylation is 1. The van der Waals surface area contributed by atoms with Crippen molar-refractivity contribution in [2.45, 2.75) is 25.9 Å². The van der Waals surface area contributed by atoms with Gasteiger partial charge in [0.25, 0.3) is 0 Å². The number of nitrogens with two attached hydrogens (primary N) is 1. The Bertz CT molecular complexity index is 714. The van der Waals surface area contributed by atoms with Crippen molar-refractivity contribution in [1.82, 2.24) is 20.9 Å². The summed E-state index contributed by atoms with van der Waals surface area (Å²) in [4.78, 5) is 4.48. The summed E-state index contributed by atoms with van der Waals surface area (Å²) in [6.07, 6.45) is 0.951. The molecule has 172 valence electrons. The maximum atomic E-state index is 6.01. The fourth-order valence-electron chi connectivity index (χ4n) is 3.55. The first-order valence-electron chi connectivity index (χ1n) is 9.22. The summed E-state index contributed by atoms with van der Waals surface area (Å²) >= 11 is 6.01. The van der Waals surface area contributed by atoms with Crippen molar-refractivity contribution in [2.24, 2.45) is 5.92 Å². The van der Waals surface area contributed by atoms with Gasteiger partial charge >= 0.3 is 0 Å². The number of hydrogen-bond donors (Lipinski definition) is 4. The van der Waals surface area contributed by atoms with Crippen molar-refractivity contribution in [3.8, 4) is 0 Å². The first-order valence-corrected chi connectivity index (χ1v) is 9.60. The van der Waals surface area contributed by atoms with Crippen LogP contribution in [0.15, 0.2) is 36.4 Å². The highest BCUT2D eigenvalue weighted by Gasteiger charge is 2.26. The molecule has 3 rings (SSSR count). The molecular formula is C20H32Cl5N5. The first-order chi connectivity index (χ1) is 12.6. The van der Waals surface area contributed by atoms with Gasteiger partial charge in [-0.25, -0.2) is 4.98 Å². The summed E-state index contributed by atoms with van der Waals surface area (Å²) in [5, 5.41) is 11.4. The lowest BCUT2D eigenvalue weighted by atomic mass is 9.97. The fraction of sp³-hybridized carbons (Fsp3) is 0.450. The van der Waals surface area contributed by atoms with Crippen LogP contribution >= 0.6 is 61.2 Å². The third-order valence-electron chi connectivity index (χ3n) is 4.78. The average molecular weight is 520 g/mol. The predicted octanol–water partition coefficient (Wildman–Crippen LogP) is 3.82. The van der Waals surface area contributed by atoms with Gasteiger partial charge in [-0.3, -0.25) is 0 Å². The fourth-order valence-corrected chi connectivity index (χ4v) is 3.77. The molecular weight excluding hydrogens is 488 g/mol. The van der Waals surface area contributed by atoms with Crippen molar-refractivity contribution in [3.63, 3.8) is 0 Å². The summed E-state index contributed by atoms with van der Waals surface area (Å²) in [7, 11) is 0. The molecule has 1 aromatic carbocycles. The number of pyridine rings is 1. The molecule has 1 aliphatic rings. The molecule has 1 aliphatic heterocycles. The van der Waals surface area contributed by atoms with Gasteiger partial charge < -0.3 is 21.7 Å². The van der Waals surface area contributed by atoms with Gasteiger partial charge in [0.15, 0.2) is 0 Å². The summed E-state index contributed by atoms with van der Waals surface area (Å²) < 4.78 is 0. The highest BCUT2D eigenvalue weighted by molar-refractivity contribution is 6.30. The Morgan fingerprint density at radius 3 is 2.57 bits per heavy atom. The highest BCUT2D eigenvalue weighted by atomic mass is 35.5. The molecule has 1 aromatic heterocycles. The van der Waals surface area contributed by atoms with E-state index in [1.807, 2.05) is 24.3 Å². The Morgan fingerprint density at radius 1 is 1.10 bits per heavy atom. The summed E-state index contributed by atoms with van der Waals surface area (Å²) in [5.41, 5.74) is 9.35. The van der Waals surface area contributed by atoms with Crippen molar-refractivity contribution in [2.75, 3.05) is 31.9 Å². The van der Waals surface area contributed by atoms with Gasteiger partial charge in [-0.05, 0) is 61.2 Å². The highest BCUT2D eigenvalue weighted by Crippen LogP contribution is 2.17. The second kappa shape index (κ2) is 16.2. The Labute approximate surface area is 209 Å². The maximum absolute atomic E-state index is 6.01. The van der Waals surface area contributed by atoms with E-state index in [-0.39, 0.29) is 49.6 Å². The number of nitrogens with zero attached hydrogens (tertiary/aromatic N) is 1. The number of benzene rings is 1. The Balaban J connectivity index is 0. The standard InChI is InChI=1S/C20H28ClN5.4ClH/c1-14-7-18(26-20(22)8-14)10-16-12-24-13-19(16)25-6-5-23-11-15-3-2-4-17(21)9-15;;;;/h2-4,7-9,16,19,23-25H,5-6,10-13H2,1H3,(H2,22,26);4*1H/t16-,19-;;;;/m0..../s1. The van der Waals surface area contributed by atoms with Gasteiger partial charge in [-0.15, -0.1) is 49.6 Å². The molecule has 0 saturated carbocycles. The molecule has 1 fully saturated rings. The lowest BCUT2D eigenvalue weighted by Crippen LogP contribution is -2.40. The van der Waals surface area contributed by atoms with Crippen LogP contribution in [-0.4, -0.2) is 37.2 Å². The molecule has 5 N–H and O–H groups in total. The van der Waals surface area contributed by atoms with Crippen LogP contribution in [0.5, 0.6) is 0 Å². The molecule has 0 spiro atoms. The van der Waals surface area contributed by atoms with Crippen LogP contribution in [0.1, 0.15) is 16.8 Å². The largest absolute Gasteiger partial charge is 0.384 e. The van der Waals surface area contributed by atoms with E-state index < -0.39 is 0 Å². The van der Waals surface area contributed by atoms with E-state index in [9.17, 15) is 0 Å².